The zero-order chi connectivity index (χ0) is 10.7. The van der Waals surface area contributed by atoms with Crippen molar-refractivity contribution in [3.8, 4) is 0 Å². The number of nitrogens with one attached hydrogen (secondary N) is 1. The van der Waals surface area contributed by atoms with E-state index < -0.39 is 0 Å². The Bertz CT molecular complexity index is 225. The molecule has 0 unspecified atom stereocenters. The van der Waals surface area contributed by atoms with Crippen LogP contribution in [0.15, 0.2) is 0 Å². The molecule has 0 aromatic heterocycles. The lowest BCUT2D eigenvalue weighted by atomic mass is 10.4. The number of hydrogen-bond donors (Lipinski definition) is 1. The van der Waals surface area contributed by atoms with Gasteiger partial charge in [-0.3, -0.25) is 4.79 Å². The van der Waals surface area contributed by atoms with Gasteiger partial charge in [0, 0.05) is 25.7 Å². The van der Waals surface area contributed by atoms with Gasteiger partial charge in [-0.1, -0.05) is 0 Å². The highest BCUT2D eigenvalue weighted by Gasteiger charge is 2.32. The Morgan fingerprint density at radius 3 is 2.67 bits per heavy atom. The van der Waals surface area contributed by atoms with Crippen LogP contribution in [0.1, 0.15) is 25.7 Å². The average Bonchev–Trinajstić information content (AvgIpc) is 3.08. The highest BCUT2D eigenvalue weighted by Crippen LogP contribution is 2.26. The highest BCUT2D eigenvalue weighted by atomic mass is 16.5. The molecule has 15 heavy (non-hydrogen) atoms. The first kappa shape index (κ1) is 10.9. The van der Waals surface area contributed by atoms with Gasteiger partial charge in [0.2, 0.25) is 5.91 Å². The topological polar surface area (TPSA) is 41.6 Å². The van der Waals surface area contributed by atoms with Gasteiger partial charge in [-0.15, -0.1) is 0 Å². The normalized spacial score (nSPS) is 20.3. The van der Waals surface area contributed by atoms with Gasteiger partial charge >= 0.3 is 0 Å². The van der Waals surface area contributed by atoms with Crippen LogP contribution in [0, 0.1) is 0 Å². The van der Waals surface area contributed by atoms with Crippen LogP contribution in [0.3, 0.4) is 0 Å². The summed E-state index contributed by atoms with van der Waals surface area (Å²) < 4.78 is 5.02. The largest absolute Gasteiger partial charge is 0.383 e. The van der Waals surface area contributed by atoms with E-state index in [9.17, 15) is 4.79 Å². The molecular weight excluding hydrogens is 192 g/mol. The second-order valence-electron chi connectivity index (χ2n) is 4.47. The minimum absolute atomic E-state index is 0.237. The lowest BCUT2D eigenvalue weighted by Crippen LogP contribution is -2.41. The molecule has 86 valence electrons. The molecule has 0 spiro atoms. The number of methoxy groups -OCH3 is 1. The summed E-state index contributed by atoms with van der Waals surface area (Å²) in [5.41, 5.74) is 0. The van der Waals surface area contributed by atoms with Gasteiger partial charge in [0.05, 0.1) is 13.2 Å². The second-order valence-corrected chi connectivity index (χ2v) is 4.47. The number of carbonyl (C=O) groups excluding carboxylic acids is 1. The first-order chi connectivity index (χ1) is 7.31. The molecule has 0 aromatic rings. The summed E-state index contributed by atoms with van der Waals surface area (Å²) in [6.07, 6.45) is 4.79. The van der Waals surface area contributed by atoms with Crippen molar-refractivity contribution in [1.29, 1.82) is 0 Å². The summed E-state index contributed by atoms with van der Waals surface area (Å²) in [5.74, 6) is 0.237. The first-order valence-electron chi connectivity index (χ1n) is 5.83. The minimum Gasteiger partial charge on any atom is -0.383 e. The van der Waals surface area contributed by atoms with Crippen LogP contribution >= 0.6 is 0 Å². The van der Waals surface area contributed by atoms with E-state index >= 15 is 0 Å². The fraction of sp³-hybridized carbons (Fsp3) is 0.909. The summed E-state index contributed by atoms with van der Waals surface area (Å²) in [7, 11) is 1.68. The predicted octanol–water partition coefficient (Wildman–Crippen LogP) is 0.376. The molecule has 4 nitrogen and oxygen atoms in total. The maximum absolute atomic E-state index is 11.9. The number of amides is 1. The molecule has 0 aliphatic heterocycles. The van der Waals surface area contributed by atoms with E-state index in [4.69, 9.17) is 4.74 Å². The fourth-order valence-electron chi connectivity index (χ4n) is 1.71. The van der Waals surface area contributed by atoms with Crippen LogP contribution in [0.2, 0.25) is 0 Å². The van der Waals surface area contributed by atoms with E-state index in [1.165, 1.54) is 25.7 Å². The van der Waals surface area contributed by atoms with Crippen molar-refractivity contribution in [3.63, 3.8) is 0 Å². The average molecular weight is 212 g/mol. The number of hydrogen-bond acceptors (Lipinski definition) is 3. The van der Waals surface area contributed by atoms with Crippen LogP contribution in [0.25, 0.3) is 0 Å². The van der Waals surface area contributed by atoms with E-state index in [-0.39, 0.29) is 5.91 Å². The quantitative estimate of drug-likeness (QED) is 0.663. The van der Waals surface area contributed by atoms with E-state index in [2.05, 4.69) is 5.32 Å². The monoisotopic (exact) mass is 212 g/mol. The Morgan fingerprint density at radius 2 is 2.13 bits per heavy atom. The predicted molar refractivity (Wildman–Crippen MR) is 57.6 cm³/mol. The molecule has 1 N–H and O–H groups in total. The molecule has 0 saturated heterocycles. The Balaban J connectivity index is 1.71. The van der Waals surface area contributed by atoms with Crippen molar-refractivity contribution >= 4 is 5.91 Å². The van der Waals surface area contributed by atoms with Crippen LogP contribution < -0.4 is 5.32 Å². The standard InChI is InChI=1S/C11H20N2O2/c1-15-7-6-13(10-4-5-10)11(14)8-12-9-2-3-9/h9-10,12H,2-8H2,1H3. The van der Waals surface area contributed by atoms with Crippen LogP contribution in [0.4, 0.5) is 0 Å². The second kappa shape index (κ2) is 4.94. The van der Waals surface area contributed by atoms with Crippen LogP contribution in [-0.4, -0.2) is 49.7 Å². The summed E-state index contributed by atoms with van der Waals surface area (Å²) in [5, 5.41) is 3.26. The SMILES string of the molecule is COCCN(C(=O)CNC1CC1)C1CC1. The highest BCUT2D eigenvalue weighted by molar-refractivity contribution is 5.79. The van der Waals surface area contributed by atoms with Gasteiger partial charge in [0.15, 0.2) is 0 Å². The van der Waals surface area contributed by atoms with E-state index in [1.807, 2.05) is 4.90 Å². The summed E-state index contributed by atoms with van der Waals surface area (Å²) in [6.45, 7) is 1.89. The smallest absolute Gasteiger partial charge is 0.236 e. The molecule has 2 saturated carbocycles. The lowest BCUT2D eigenvalue weighted by molar-refractivity contribution is -0.131. The summed E-state index contributed by atoms with van der Waals surface area (Å²) in [6, 6.07) is 1.10. The summed E-state index contributed by atoms with van der Waals surface area (Å²) in [4.78, 5) is 13.8. The molecule has 2 fully saturated rings. The van der Waals surface area contributed by atoms with Crippen molar-refractivity contribution in [1.82, 2.24) is 10.2 Å². The molecule has 0 aromatic carbocycles. The fourth-order valence-corrected chi connectivity index (χ4v) is 1.71. The molecule has 2 rings (SSSR count). The number of carbonyl (C=O) groups is 1. The minimum atomic E-state index is 0.237. The number of rotatable bonds is 7. The molecule has 2 aliphatic carbocycles. The van der Waals surface area contributed by atoms with Crippen LogP contribution in [-0.2, 0) is 9.53 Å². The van der Waals surface area contributed by atoms with Crippen molar-refractivity contribution in [2.45, 2.75) is 37.8 Å². The van der Waals surface area contributed by atoms with Gasteiger partial charge in [0.25, 0.3) is 0 Å². The van der Waals surface area contributed by atoms with Gasteiger partial charge < -0.3 is 15.0 Å². The van der Waals surface area contributed by atoms with Crippen molar-refractivity contribution in [2.24, 2.45) is 0 Å². The third-order valence-corrected chi connectivity index (χ3v) is 2.96. The molecular formula is C11H20N2O2. The Labute approximate surface area is 91.0 Å². The maximum atomic E-state index is 11.9. The zero-order valence-corrected chi connectivity index (χ0v) is 9.37. The molecule has 0 bridgehead atoms. The third-order valence-electron chi connectivity index (χ3n) is 2.96. The van der Waals surface area contributed by atoms with E-state index in [0.717, 1.165) is 6.54 Å². The molecule has 1 amide bonds. The van der Waals surface area contributed by atoms with Crippen molar-refractivity contribution < 1.29 is 9.53 Å². The zero-order valence-electron chi connectivity index (χ0n) is 9.37. The lowest BCUT2D eigenvalue weighted by Gasteiger charge is -2.22. The van der Waals surface area contributed by atoms with Gasteiger partial charge in [-0.2, -0.15) is 0 Å². The van der Waals surface area contributed by atoms with E-state index in [1.54, 1.807) is 7.11 Å². The molecule has 0 atom stereocenters. The Hall–Kier alpha value is -0.610. The van der Waals surface area contributed by atoms with Crippen LogP contribution in [0.5, 0.6) is 0 Å². The first-order valence-corrected chi connectivity index (χ1v) is 5.83. The molecule has 0 heterocycles. The molecule has 0 radical (unpaired) electrons. The molecule has 4 heteroatoms. The Morgan fingerprint density at radius 1 is 1.40 bits per heavy atom. The van der Waals surface area contributed by atoms with Gasteiger partial charge in [-0.05, 0) is 25.7 Å². The van der Waals surface area contributed by atoms with Gasteiger partial charge in [0.1, 0.15) is 0 Å². The third kappa shape index (κ3) is 3.47. The Kier molecular flexibility index (Phi) is 3.59. The maximum Gasteiger partial charge on any atom is 0.236 e. The molecule has 2 aliphatic rings. The van der Waals surface area contributed by atoms with Gasteiger partial charge in [-0.25, -0.2) is 0 Å². The number of ether oxygens (including phenoxy) is 1. The number of nitrogens with zero attached hydrogens (tertiary/aromatic N) is 1. The van der Waals surface area contributed by atoms with E-state index in [0.29, 0.717) is 25.2 Å². The van der Waals surface area contributed by atoms with Crippen molar-refractivity contribution in [2.75, 3.05) is 26.8 Å². The van der Waals surface area contributed by atoms with Crippen molar-refractivity contribution in [3.05, 3.63) is 0 Å². The summed E-state index contributed by atoms with van der Waals surface area (Å²) >= 11 is 0.